The minimum atomic E-state index is -1.45. The first kappa shape index (κ1) is 26.5. The third kappa shape index (κ3) is 5.38. The van der Waals surface area contributed by atoms with E-state index in [1.807, 2.05) is 54.6 Å². The Morgan fingerprint density at radius 1 is 0.756 bits per heavy atom. The van der Waals surface area contributed by atoms with Crippen molar-refractivity contribution >= 4 is 39.0 Å². The summed E-state index contributed by atoms with van der Waals surface area (Å²) in [5.74, 6) is -1.75. The van der Waals surface area contributed by atoms with Crippen LogP contribution in [0.25, 0.3) is 27.1 Å². The molecule has 0 heterocycles. The molecule has 0 aromatic heterocycles. The standard InChI is InChI=1S/C37H33NO3/c1-37(36(40)41,24-30-21-20-27-12-4-7-19-34(27)30)38-35(39)31(22-28-15-8-13-25-10-2-5-17-32(25)28)23-29-16-9-14-26-11-3-6-18-33(26)29/h2-19,21,31H,20,22-24H2,1H3,(H,38,39)(H,40,41). The third-order valence-electron chi connectivity index (χ3n) is 8.41. The van der Waals surface area contributed by atoms with E-state index in [0.717, 1.165) is 50.2 Å². The number of carboxylic acids is 1. The van der Waals surface area contributed by atoms with Gasteiger partial charge in [0.2, 0.25) is 5.91 Å². The van der Waals surface area contributed by atoms with Gasteiger partial charge in [-0.25, -0.2) is 4.79 Å². The maximum atomic E-state index is 14.2. The molecule has 4 heteroatoms. The van der Waals surface area contributed by atoms with E-state index in [2.05, 4.69) is 66.0 Å². The van der Waals surface area contributed by atoms with Gasteiger partial charge in [0.25, 0.3) is 0 Å². The van der Waals surface area contributed by atoms with Gasteiger partial charge in [-0.05, 0) is 75.6 Å². The lowest BCUT2D eigenvalue weighted by Gasteiger charge is -2.30. The molecule has 1 aliphatic rings. The Morgan fingerprint density at radius 3 is 1.90 bits per heavy atom. The van der Waals surface area contributed by atoms with E-state index in [-0.39, 0.29) is 12.3 Å². The Bertz CT molecular complexity index is 1710. The molecular weight excluding hydrogens is 506 g/mol. The lowest BCUT2D eigenvalue weighted by atomic mass is 9.85. The fourth-order valence-corrected chi connectivity index (χ4v) is 6.18. The van der Waals surface area contributed by atoms with Crippen molar-refractivity contribution in [3.63, 3.8) is 0 Å². The summed E-state index contributed by atoms with van der Waals surface area (Å²) in [6, 6.07) is 36.8. The maximum absolute atomic E-state index is 14.2. The van der Waals surface area contributed by atoms with Gasteiger partial charge in [-0.15, -0.1) is 0 Å². The summed E-state index contributed by atoms with van der Waals surface area (Å²) >= 11 is 0. The Hall–Kier alpha value is -4.70. The van der Waals surface area contributed by atoms with Crippen LogP contribution in [0.2, 0.25) is 0 Å². The van der Waals surface area contributed by atoms with Crippen molar-refractivity contribution in [2.45, 2.75) is 38.1 Å². The predicted molar refractivity (Wildman–Crippen MR) is 166 cm³/mol. The van der Waals surface area contributed by atoms with Gasteiger partial charge in [-0.3, -0.25) is 4.79 Å². The molecule has 1 aliphatic carbocycles. The molecule has 0 aliphatic heterocycles. The highest BCUT2D eigenvalue weighted by Gasteiger charge is 2.38. The molecule has 0 bridgehead atoms. The molecule has 4 nitrogen and oxygen atoms in total. The first-order valence-corrected chi connectivity index (χ1v) is 14.2. The average molecular weight is 540 g/mol. The van der Waals surface area contributed by atoms with Crippen LogP contribution < -0.4 is 5.32 Å². The molecule has 1 amide bonds. The van der Waals surface area contributed by atoms with E-state index < -0.39 is 17.4 Å². The van der Waals surface area contributed by atoms with Gasteiger partial charge < -0.3 is 10.4 Å². The molecular formula is C37H33NO3. The molecule has 41 heavy (non-hydrogen) atoms. The second-order valence-electron chi connectivity index (χ2n) is 11.3. The van der Waals surface area contributed by atoms with Crippen LogP contribution in [0.1, 0.15) is 35.6 Å². The Balaban J connectivity index is 1.34. The molecule has 0 saturated carbocycles. The Labute approximate surface area is 240 Å². The first-order chi connectivity index (χ1) is 19.9. The second kappa shape index (κ2) is 11.1. The summed E-state index contributed by atoms with van der Waals surface area (Å²) < 4.78 is 0. The Morgan fingerprint density at radius 2 is 1.29 bits per heavy atom. The molecule has 5 aromatic rings. The van der Waals surface area contributed by atoms with Gasteiger partial charge in [-0.1, -0.05) is 115 Å². The van der Waals surface area contributed by atoms with Crippen LogP contribution in [0, 0.1) is 5.92 Å². The molecule has 1 unspecified atom stereocenters. The highest BCUT2D eigenvalue weighted by Crippen LogP contribution is 2.34. The van der Waals surface area contributed by atoms with E-state index in [4.69, 9.17) is 0 Å². The number of carboxylic acid groups (broad SMARTS) is 1. The number of allylic oxidation sites excluding steroid dienone is 1. The van der Waals surface area contributed by atoms with Crippen molar-refractivity contribution in [3.05, 3.63) is 138 Å². The Kier molecular flexibility index (Phi) is 7.15. The van der Waals surface area contributed by atoms with Crippen molar-refractivity contribution in [3.8, 4) is 0 Å². The summed E-state index contributed by atoms with van der Waals surface area (Å²) in [5.41, 5.74) is 3.92. The van der Waals surface area contributed by atoms with Gasteiger partial charge in [0.05, 0.1) is 0 Å². The molecule has 2 N–H and O–H groups in total. The fraction of sp³-hybridized carbons (Fsp3) is 0.189. The molecule has 0 radical (unpaired) electrons. The molecule has 0 spiro atoms. The number of aliphatic carboxylic acids is 1. The second-order valence-corrected chi connectivity index (χ2v) is 11.3. The van der Waals surface area contributed by atoms with Gasteiger partial charge in [0, 0.05) is 12.3 Å². The normalized spacial score (nSPS) is 14.0. The van der Waals surface area contributed by atoms with Gasteiger partial charge in [0.15, 0.2) is 0 Å². The minimum absolute atomic E-state index is 0.223. The van der Waals surface area contributed by atoms with Crippen molar-refractivity contribution in [2.24, 2.45) is 5.92 Å². The van der Waals surface area contributed by atoms with Crippen molar-refractivity contribution in [1.82, 2.24) is 5.32 Å². The van der Waals surface area contributed by atoms with Crippen LogP contribution in [0.3, 0.4) is 0 Å². The number of hydrogen-bond donors (Lipinski definition) is 2. The largest absolute Gasteiger partial charge is 0.480 e. The topological polar surface area (TPSA) is 66.4 Å². The molecule has 6 rings (SSSR count). The highest BCUT2D eigenvalue weighted by atomic mass is 16.4. The quantitative estimate of drug-likeness (QED) is 0.205. The fourth-order valence-electron chi connectivity index (χ4n) is 6.18. The van der Waals surface area contributed by atoms with Crippen LogP contribution in [-0.2, 0) is 28.9 Å². The number of carbonyl (C=O) groups excluding carboxylic acids is 1. The van der Waals surface area contributed by atoms with Gasteiger partial charge in [-0.2, -0.15) is 0 Å². The lowest BCUT2D eigenvalue weighted by Crippen LogP contribution is -2.54. The molecule has 0 fully saturated rings. The number of benzene rings is 5. The number of nitrogens with one attached hydrogen (secondary N) is 1. The zero-order chi connectivity index (χ0) is 28.4. The van der Waals surface area contributed by atoms with E-state index >= 15 is 0 Å². The SMILES string of the molecule is CC(CC1=CCc2ccccc21)(NC(=O)C(Cc1cccc2ccccc12)Cc1cccc2ccccc12)C(=O)O. The van der Waals surface area contributed by atoms with Crippen LogP contribution in [0.5, 0.6) is 0 Å². The van der Waals surface area contributed by atoms with Crippen LogP contribution >= 0.6 is 0 Å². The van der Waals surface area contributed by atoms with Gasteiger partial charge >= 0.3 is 5.97 Å². The average Bonchev–Trinajstić information content (AvgIpc) is 3.39. The van der Waals surface area contributed by atoms with Crippen molar-refractivity contribution in [1.29, 1.82) is 0 Å². The number of fused-ring (bicyclic) bond motifs is 3. The van der Waals surface area contributed by atoms with Crippen LogP contribution in [0.4, 0.5) is 0 Å². The van der Waals surface area contributed by atoms with Gasteiger partial charge in [0.1, 0.15) is 5.54 Å². The van der Waals surface area contributed by atoms with Crippen molar-refractivity contribution < 1.29 is 14.7 Å². The minimum Gasteiger partial charge on any atom is -0.480 e. The maximum Gasteiger partial charge on any atom is 0.329 e. The summed E-state index contributed by atoms with van der Waals surface area (Å²) in [6.45, 7) is 1.63. The summed E-state index contributed by atoms with van der Waals surface area (Å²) in [4.78, 5) is 26.9. The molecule has 5 aromatic carbocycles. The number of amides is 1. The highest BCUT2D eigenvalue weighted by molar-refractivity contribution is 5.92. The van der Waals surface area contributed by atoms with E-state index in [0.29, 0.717) is 12.8 Å². The first-order valence-electron chi connectivity index (χ1n) is 14.2. The zero-order valence-corrected chi connectivity index (χ0v) is 23.1. The van der Waals surface area contributed by atoms with Crippen LogP contribution in [0.15, 0.2) is 115 Å². The lowest BCUT2D eigenvalue weighted by molar-refractivity contribution is -0.147. The number of hydrogen-bond acceptors (Lipinski definition) is 2. The van der Waals surface area contributed by atoms with E-state index in [9.17, 15) is 14.7 Å². The third-order valence-corrected chi connectivity index (χ3v) is 8.41. The van der Waals surface area contributed by atoms with Crippen LogP contribution in [-0.4, -0.2) is 22.5 Å². The molecule has 0 saturated heterocycles. The number of carbonyl (C=O) groups is 2. The number of rotatable bonds is 9. The summed E-state index contributed by atoms with van der Waals surface area (Å²) in [7, 11) is 0. The van der Waals surface area contributed by atoms with E-state index in [1.165, 1.54) is 5.56 Å². The van der Waals surface area contributed by atoms with E-state index in [1.54, 1.807) is 6.92 Å². The smallest absolute Gasteiger partial charge is 0.329 e. The molecule has 204 valence electrons. The molecule has 1 atom stereocenters. The monoisotopic (exact) mass is 539 g/mol. The summed E-state index contributed by atoms with van der Waals surface area (Å²) in [5, 5.41) is 17.9. The zero-order valence-electron chi connectivity index (χ0n) is 23.1. The van der Waals surface area contributed by atoms with Crippen molar-refractivity contribution in [2.75, 3.05) is 0 Å². The summed E-state index contributed by atoms with van der Waals surface area (Å²) in [6.07, 6.45) is 4.08. The predicted octanol–water partition coefficient (Wildman–Crippen LogP) is 7.38.